The number of benzene rings is 1. The number of hydrogen-bond donors (Lipinski definition) is 0. The Hall–Kier alpha value is -0.120. The van der Waals surface area contributed by atoms with E-state index in [1.165, 1.54) is 0 Å². The minimum atomic E-state index is 0.0801. The van der Waals surface area contributed by atoms with Crippen LogP contribution in [0.2, 0.25) is 10.0 Å². The highest BCUT2D eigenvalue weighted by Crippen LogP contribution is 2.35. The molecule has 2 nitrogen and oxygen atoms in total. The minimum absolute atomic E-state index is 0.0801. The van der Waals surface area contributed by atoms with Crippen LogP contribution in [0.4, 0.5) is 5.69 Å². The maximum absolute atomic E-state index is 10.1. The maximum Gasteiger partial charge on any atom is 0.145 e. The highest BCUT2D eigenvalue weighted by Gasteiger charge is 2.06. The van der Waals surface area contributed by atoms with Gasteiger partial charge < -0.3 is 0 Å². The molecule has 1 rings (SSSR count). The van der Waals surface area contributed by atoms with Gasteiger partial charge in [-0.25, -0.2) is 0 Å². The fourth-order valence-electron chi connectivity index (χ4n) is 0.622. The maximum atomic E-state index is 10.1. The predicted molar refractivity (Wildman–Crippen MR) is 49.6 cm³/mol. The summed E-state index contributed by atoms with van der Waals surface area (Å²) in [7, 11) is 0. The van der Waals surface area contributed by atoms with Gasteiger partial charge in [-0.05, 0) is 17.3 Å². The summed E-state index contributed by atoms with van der Waals surface area (Å²) in [6.45, 7) is 0. The van der Waals surface area contributed by atoms with Gasteiger partial charge in [0, 0.05) is 4.47 Å². The van der Waals surface area contributed by atoms with E-state index in [2.05, 4.69) is 21.1 Å². The number of nitrogens with zero attached hydrogens (tertiary/aromatic N) is 1. The van der Waals surface area contributed by atoms with E-state index in [1.807, 2.05) is 0 Å². The molecule has 0 atom stereocenters. The lowest BCUT2D eigenvalue weighted by Gasteiger charge is -1.97. The van der Waals surface area contributed by atoms with Gasteiger partial charge in [-0.2, -0.15) is 0 Å². The number of nitroso groups, excluding NO2 is 1. The summed E-state index contributed by atoms with van der Waals surface area (Å²) in [6, 6.07) is 3.12. The van der Waals surface area contributed by atoms with Gasteiger partial charge in [0.05, 0.1) is 10.0 Å². The minimum Gasteiger partial charge on any atom is -0.145 e. The molecule has 0 saturated carbocycles. The second-order valence-electron chi connectivity index (χ2n) is 1.81. The zero-order valence-electron chi connectivity index (χ0n) is 5.14. The third-order valence-corrected chi connectivity index (χ3v) is 2.11. The standard InChI is InChI=1S/C6H2BrCl2NO/c7-3-1-4(8)6(10-11)5(9)2-3/h1-2H. The molecule has 0 unspecified atom stereocenters. The summed E-state index contributed by atoms with van der Waals surface area (Å²) < 4.78 is 0.722. The SMILES string of the molecule is O=Nc1c(Cl)cc(Br)cc1Cl. The lowest BCUT2D eigenvalue weighted by atomic mass is 10.3. The van der Waals surface area contributed by atoms with Crippen molar-refractivity contribution in [1.82, 2.24) is 0 Å². The molecule has 0 aliphatic heterocycles. The van der Waals surface area contributed by atoms with Crippen molar-refractivity contribution >= 4 is 44.8 Å². The van der Waals surface area contributed by atoms with Gasteiger partial charge in [0.15, 0.2) is 0 Å². The van der Waals surface area contributed by atoms with Gasteiger partial charge in [-0.1, -0.05) is 39.1 Å². The van der Waals surface area contributed by atoms with Crippen molar-refractivity contribution in [2.24, 2.45) is 5.18 Å². The Morgan fingerprint density at radius 3 is 2.09 bits per heavy atom. The summed E-state index contributed by atoms with van der Waals surface area (Å²) in [5.41, 5.74) is 0.0801. The smallest absolute Gasteiger partial charge is 0.145 e. The van der Waals surface area contributed by atoms with Crippen LogP contribution in [-0.2, 0) is 0 Å². The van der Waals surface area contributed by atoms with Crippen molar-refractivity contribution in [3.8, 4) is 0 Å². The molecule has 1 aromatic rings. The van der Waals surface area contributed by atoms with Crippen molar-refractivity contribution in [3.05, 3.63) is 31.6 Å². The summed E-state index contributed by atoms with van der Waals surface area (Å²) in [5, 5.41) is 3.17. The summed E-state index contributed by atoms with van der Waals surface area (Å²) in [5.74, 6) is 0. The average molecular weight is 255 g/mol. The van der Waals surface area contributed by atoms with E-state index >= 15 is 0 Å². The highest BCUT2D eigenvalue weighted by molar-refractivity contribution is 9.10. The Labute approximate surface area is 81.6 Å². The lowest BCUT2D eigenvalue weighted by molar-refractivity contribution is 1.48. The Bertz CT molecular complexity index is 280. The monoisotopic (exact) mass is 253 g/mol. The van der Waals surface area contributed by atoms with Crippen LogP contribution in [-0.4, -0.2) is 0 Å². The first-order valence-corrected chi connectivity index (χ1v) is 4.18. The molecule has 0 spiro atoms. The predicted octanol–water partition coefficient (Wildman–Crippen LogP) is 4.15. The van der Waals surface area contributed by atoms with Gasteiger partial charge >= 0.3 is 0 Å². The molecule has 0 aliphatic carbocycles. The zero-order valence-corrected chi connectivity index (χ0v) is 8.24. The first-order valence-electron chi connectivity index (χ1n) is 2.63. The van der Waals surface area contributed by atoms with E-state index in [9.17, 15) is 4.91 Å². The van der Waals surface area contributed by atoms with Gasteiger partial charge in [0.2, 0.25) is 0 Å². The van der Waals surface area contributed by atoms with E-state index in [0.717, 1.165) is 4.47 Å². The first-order chi connectivity index (χ1) is 5.15. The second-order valence-corrected chi connectivity index (χ2v) is 3.54. The van der Waals surface area contributed by atoms with Gasteiger partial charge in [0.1, 0.15) is 5.69 Å². The first kappa shape index (κ1) is 8.97. The van der Waals surface area contributed by atoms with Gasteiger partial charge in [-0.15, -0.1) is 4.91 Å². The molecule has 0 amide bonds. The molecule has 0 aromatic heterocycles. The summed E-state index contributed by atoms with van der Waals surface area (Å²) >= 11 is 14.4. The molecular formula is C6H2BrCl2NO. The molecular weight excluding hydrogens is 253 g/mol. The highest BCUT2D eigenvalue weighted by atomic mass is 79.9. The van der Waals surface area contributed by atoms with Crippen LogP contribution < -0.4 is 0 Å². The lowest BCUT2D eigenvalue weighted by Crippen LogP contribution is -1.71. The Morgan fingerprint density at radius 1 is 1.27 bits per heavy atom. The Kier molecular flexibility index (Phi) is 2.87. The van der Waals surface area contributed by atoms with Crippen LogP contribution in [0, 0.1) is 4.91 Å². The van der Waals surface area contributed by atoms with E-state index in [1.54, 1.807) is 12.1 Å². The second kappa shape index (κ2) is 3.52. The summed E-state index contributed by atoms with van der Waals surface area (Å²) in [6.07, 6.45) is 0. The van der Waals surface area contributed by atoms with E-state index < -0.39 is 0 Å². The van der Waals surface area contributed by atoms with Crippen molar-refractivity contribution < 1.29 is 0 Å². The van der Waals surface area contributed by atoms with Crippen molar-refractivity contribution in [3.63, 3.8) is 0 Å². The molecule has 0 N–H and O–H groups in total. The largest absolute Gasteiger partial charge is 0.145 e. The molecule has 0 heterocycles. The molecule has 0 bridgehead atoms. The molecule has 0 aliphatic rings. The molecule has 0 saturated heterocycles. The Balaban J connectivity index is 3.36. The van der Waals surface area contributed by atoms with Crippen molar-refractivity contribution in [2.75, 3.05) is 0 Å². The number of halogens is 3. The molecule has 0 radical (unpaired) electrons. The van der Waals surface area contributed by atoms with Gasteiger partial charge in [-0.3, -0.25) is 0 Å². The molecule has 58 valence electrons. The van der Waals surface area contributed by atoms with Crippen molar-refractivity contribution in [2.45, 2.75) is 0 Å². The quantitative estimate of drug-likeness (QED) is 0.693. The molecule has 5 heteroatoms. The fourth-order valence-corrected chi connectivity index (χ4v) is 1.90. The normalized spacial score (nSPS) is 9.73. The third kappa shape index (κ3) is 1.92. The van der Waals surface area contributed by atoms with Crippen LogP contribution in [0.1, 0.15) is 0 Å². The average Bonchev–Trinajstić information content (AvgIpc) is 1.85. The Morgan fingerprint density at radius 2 is 1.73 bits per heavy atom. The van der Waals surface area contributed by atoms with E-state index in [4.69, 9.17) is 23.2 Å². The van der Waals surface area contributed by atoms with E-state index in [-0.39, 0.29) is 15.7 Å². The van der Waals surface area contributed by atoms with E-state index in [0.29, 0.717) is 0 Å². The van der Waals surface area contributed by atoms with Crippen LogP contribution in [0.5, 0.6) is 0 Å². The van der Waals surface area contributed by atoms with Gasteiger partial charge in [0.25, 0.3) is 0 Å². The van der Waals surface area contributed by atoms with Crippen LogP contribution in [0.25, 0.3) is 0 Å². The topological polar surface area (TPSA) is 29.4 Å². The third-order valence-electron chi connectivity index (χ3n) is 1.07. The van der Waals surface area contributed by atoms with Crippen LogP contribution in [0.15, 0.2) is 21.8 Å². The molecule has 11 heavy (non-hydrogen) atoms. The van der Waals surface area contributed by atoms with Crippen LogP contribution >= 0.6 is 39.1 Å². The fraction of sp³-hybridized carbons (Fsp3) is 0. The molecule has 1 aromatic carbocycles. The summed E-state index contributed by atoms with van der Waals surface area (Å²) in [4.78, 5) is 10.1. The molecule has 0 fully saturated rings. The van der Waals surface area contributed by atoms with Crippen LogP contribution in [0.3, 0.4) is 0 Å². The van der Waals surface area contributed by atoms with Crippen molar-refractivity contribution in [1.29, 1.82) is 0 Å². The number of rotatable bonds is 1. The zero-order chi connectivity index (χ0) is 8.43. The number of hydrogen-bond acceptors (Lipinski definition) is 2.